The van der Waals surface area contributed by atoms with Crippen LogP contribution in [0.4, 0.5) is 10.5 Å². The second-order valence-electron chi connectivity index (χ2n) is 5.63. The number of ether oxygens (including phenoxy) is 1. The van der Waals surface area contributed by atoms with Gasteiger partial charge in [0.15, 0.2) is 0 Å². The lowest BCUT2D eigenvalue weighted by molar-refractivity contribution is 0.214. The van der Waals surface area contributed by atoms with E-state index in [0.29, 0.717) is 0 Å². The number of benzene rings is 1. The average Bonchev–Trinajstić information content (AvgIpc) is 3.06. The molecule has 2 aliphatic rings. The maximum atomic E-state index is 11.7. The summed E-state index contributed by atoms with van der Waals surface area (Å²) < 4.78 is 5.62. The summed E-state index contributed by atoms with van der Waals surface area (Å²) in [5.74, 6) is 1.02. The Morgan fingerprint density at radius 3 is 3.10 bits per heavy atom. The summed E-state index contributed by atoms with van der Waals surface area (Å²) in [4.78, 5) is 15.6. The lowest BCUT2D eigenvalue weighted by Crippen LogP contribution is -2.42. The normalized spacial score (nSPS) is 20.5. The number of anilines is 1. The summed E-state index contributed by atoms with van der Waals surface area (Å²) >= 11 is 0. The Hall–Kier alpha value is -1.91. The van der Waals surface area contributed by atoms with Gasteiger partial charge in [-0.15, -0.1) is 0 Å². The zero-order chi connectivity index (χ0) is 14.1. The maximum Gasteiger partial charge on any atom is 0.317 e. The van der Waals surface area contributed by atoms with Crippen LogP contribution in [-0.2, 0) is 6.42 Å². The van der Waals surface area contributed by atoms with E-state index in [4.69, 9.17) is 4.74 Å². The maximum absolute atomic E-state index is 11.7. The lowest BCUT2D eigenvalue weighted by atomic mass is 10.1. The molecule has 0 spiro atoms. The summed E-state index contributed by atoms with van der Waals surface area (Å²) in [6.45, 7) is 2.63. The fraction of sp³-hybridized carbons (Fsp3) is 0.533. The van der Waals surface area contributed by atoms with Crippen molar-refractivity contribution in [2.75, 3.05) is 38.7 Å². The first-order chi connectivity index (χ1) is 9.65. The molecule has 1 fully saturated rings. The summed E-state index contributed by atoms with van der Waals surface area (Å²) in [5, 5.41) is 3.06. The molecule has 0 aliphatic carbocycles. The van der Waals surface area contributed by atoms with E-state index in [0.717, 1.165) is 38.3 Å². The third kappa shape index (κ3) is 2.40. The van der Waals surface area contributed by atoms with Crippen LogP contribution in [-0.4, -0.2) is 50.8 Å². The van der Waals surface area contributed by atoms with Crippen molar-refractivity contribution in [2.24, 2.45) is 0 Å². The van der Waals surface area contributed by atoms with Gasteiger partial charge < -0.3 is 19.9 Å². The van der Waals surface area contributed by atoms with Crippen molar-refractivity contribution in [3.05, 3.63) is 23.8 Å². The Balaban J connectivity index is 1.69. The predicted molar refractivity (Wildman–Crippen MR) is 78.5 cm³/mol. The SMILES string of the molecule is CN(C)C(=O)NC1CCN(c2cccc3c2CCO3)C1. The Morgan fingerprint density at radius 2 is 2.30 bits per heavy atom. The largest absolute Gasteiger partial charge is 0.493 e. The van der Waals surface area contributed by atoms with Gasteiger partial charge in [-0.25, -0.2) is 4.79 Å². The summed E-state index contributed by atoms with van der Waals surface area (Å²) in [6.07, 6.45) is 1.97. The van der Waals surface area contributed by atoms with Crippen molar-refractivity contribution in [2.45, 2.75) is 18.9 Å². The van der Waals surface area contributed by atoms with Gasteiger partial charge in [-0.3, -0.25) is 0 Å². The monoisotopic (exact) mass is 275 g/mol. The molecule has 2 amide bonds. The van der Waals surface area contributed by atoms with Crippen molar-refractivity contribution in [1.29, 1.82) is 0 Å². The van der Waals surface area contributed by atoms with Crippen LogP contribution in [0.3, 0.4) is 0 Å². The first-order valence-electron chi connectivity index (χ1n) is 7.12. The van der Waals surface area contributed by atoms with Crippen LogP contribution in [0, 0.1) is 0 Å². The third-order valence-corrected chi connectivity index (χ3v) is 3.98. The van der Waals surface area contributed by atoms with E-state index >= 15 is 0 Å². The summed E-state index contributed by atoms with van der Waals surface area (Å²) in [7, 11) is 3.53. The number of hydrogen-bond donors (Lipinski definition) is 1. The highest BCUT2D eigenvalue weighted by Gasteiger charge is 2.27. The highest BCUT2D eigenvalue weighted by atomic mass is 16.5. The molecular formula is C15H21N3O2. The molecule has 1 atom stereocenters. The second kappa shape index (κ2) is 5.23. The first kappa shape index (κ1) is 13.1. The number of fused-ring (bicyclic) bond motifs is 1. The minimum atomic E-state index is -0.0153. The van der Waals surface area contributed by atoms with Crippen LogP contribution in [0.15, 0.2) is 18.2 Å². The van der Waals surface area contributed by atoms with E-state index in [1.54, 1.807) is 19.0 Å². The number of urea groups is 1. The van der Waals surface area contributed by atoms with E-state index in [9.17, 15) is 4.79 Å². The number of carbonyl (C=O) groups is 1. The molecule has 20 heavy (non-hydrogen) atoms. The minimum Gasteiger partial charge on any atom is -0.493 e. The Bertz CT molecular complexity index is 516. The minimum absolute atomic E-state index is 0.0153. The molecular weight excluding hydrogens is 254 g/mol. The molecule has 2 aliphatic heterocycles. The Labute approximate surface area is 119 Å². The first-order valence-corrected chi connectivity index (χ1v) is 7.12. The Kier molecular flexibility index (Phi) is 3.42. The van der Waals surface area contributed by atoms with Crippen molar-refractivity contribution in [1.82, 2.24) is 10.2 Å². The molecule has 3 rings (SSSR count). The standard InChI is InChI=1S/C15H21N3O2/c1-17(2)15(19)16-11-6-8-18(10-11)13-4-3-5-14-12(13)7-9-20-14/h3-5,11H,6-10H2,1-2H3,(H,16,19). The molecule has 1 aromatic carbocycles. The molecule has 1 N–H and O–H groups in total. The number of hydrogen-bond acceptors (Lipinski definition) is 3. The number of rotatable bonds is 2. The molecule has 108 valence electrons. The quantitative estimate of drug-likeness (QED) is 0.889. The molecule has 0 bridgehead atoms. The summed E-state index contributed by atoms with van der Waals surface area (Å²) in [6, 6.07) is 6.45. The third-order valence-electron chi connectivity index (χ3n) is 3.98. The highest BCUT2D eigenvalue weighted by molar-refractivity contribution is 5.74. The van der Waals surface area contributed by atoms with Crippen LogP contribution in [0.1, 0.15) is 12.0 Å². The van der Waals surface area contributed by atoms with Crippen LogP contribution < -0.4 is 15.0 Å². The Morgan fingerprint density at radius 1 is 1.45 bits per heavy atom. The van der Waals surface area contributed by atoms with Gasteiger partial charge in [0.05, 0.1) is 6.61 Å². The van der Waals surface area contributed by atoms with Crippen molar-refractivity contribution >= 4 is 11.7 Å². The van der Waals surface area contributed by atoms with E-state index < -0.39 is 0 Å². The molecule has 0 aromatic heterocycles. The van der Waals surface area contributed by atoms with Gasteiger partial charge in [0.2, 0.25) is 0 Å². The zero-order valence-electron chi connectivity index (χ0n) is 12.1. The fourth-order valence-electron chi connectivity index (χ4n) is 2.90. The molecule has 1 unspecified atom stereocenters. The van der Waals surface area contributed by atoms with Gasteiger partial charge in [0, 0.05) is 50.9 Å². The van der Waals surface area contributed by atoms with Gasteiger partial charge in [0.25, 0.3) is 0 Å². The van der Waals surface area contributed by atoms with E-state index in [-0.39, 0.29) is 12.1 Å². The average molecular weight is 275 g/mol. The van der Waals surface area contributed by atoms with E-state index in [1.165, 1.54) is 11.3 Å². The molecule has 0 saturated carbocycles. The van der Waals surface area contributed by atoms with Gasteiger partial charge >= 0.3 is 6.03 Å². The number of nitrogens with zero attached hydrogens (tertiary/aromatic N) is 2. The van der Waals surface area contributed by atoms with Crippen LogP contribution in [0.2, 0.25) is 0 Å². The molecule has 5 nitrogen and oxygen atoms in total. The van der Waals surface area contributed by atoms with Gasteiger partial charge in [0.1, 0.15) is 5.75 Å². The molecule has 1 aromatic rings. The fourth-order valence-corrected chi connectivity index (χ4v) is 2.90. The molecule has 1 saturated heterocycles. The van der Waals surface area contributed by atoms with Crippen molar-refractivity contribution < 1.29 is 9.53 Å². The highest BCUT2D eigenvalue weighted by Crippen LogP contribution is 2.35. The summed E-state index contributed by atoms with van der Waals surface area (Å²) in [5.41, 5.74) is 2.58. The van der Waals surface area contributed by atoms with Crippen LogP contribution in [0.25, 0.3) is 0 Å². The smallest absolute Gasteiger partial charge is 0.317 e. The second-order valence-corrected chi connectivity index (χ2v) is 5.63. The van der Waals surface area contributed by atoms with Gasteiger partial charge in [-0.1, -0.05) is 6.07 Å². The number of nitrogens with one attached hydrogen (secondary N) is 1. The zero-order valence-corrected chi connectivity index (χ0v) is 12.1. The number of amides is 2. The predicted octanol–water partition coefficient (Wildman–Crippen LogP) is 1.47. The molecule has 0 radical (unpaired) electrons. The van der Waals surface area contributed by atoms with E-state index in [1.807, 2.05) is 12.1 Å². The number of carbonyl (C=O) groups excluding carboxylic acids is 1. The van der Waals surface area contributed by atoms with Gasteiger partial charge in [-0.05, 0) is 18.6 Å². The van der Waals surface area contributed by atoms with Crippen LogP contribution >= 0.6 is 0 Å². The topological polar surface area (TPSA) is 44.8 Å². The van der Waals surface area contributed by atoms with Crippen molar-refractivity contribution in [3.63, 3.8) is 0 Å². The molecule has 2 heterocycles. The van der Waals surface area contributed by atoms with Crippen molar-refractivity contribution in [3.8, 4) is 5.75 Å². The molecule has 5 heteroatoms. The van der Waals surface area contributed by atoms with Gasteiger partial charge in [-0.2, -0.15) is 0 Å². The lowest BCUT2D eigenvalue weighted by Gasteiger charge is -2.22. The van der Waals surface area contributed by atoms with E-state index in [2.05, 4.69) is 16.3 Å². The van der Waals surface area contributed by atoms with Crippen LogP contribution in [0.5, 0.6) is 5.75 Å².